The van der Waals surface area contributed by atoms with Crippen LogP contribution in [0.4, 0.5) is 0 Å². The number of benzene rings is 1. The largest absolute Gasteiger partial charge is 0.339 e. The molecule has 3 rings (SSSR count). The fourth-order valence-electron chi connectivity index (χ4n) is 2.87. The van der Waals surface area contributed by atoms with Gasteiger partial charge >= 0.3 is 0 Å². The van der Waals surface area contributed by atoms with Crippen LogP contribution in [0.25, 0.3) is 5.69 Å². The second-order valence-electron chi connectivity index (χ2n) is 6.01. The van der Waals surface area contributed by atoms with Crippen molar-refractivity contribution < 1.29 is 4.79 Å². The van der Waals surface area contributed by atoms with Crippen LogP contribution in [0.1, 0.15) is 35.8 Å². The van der Waals surface area contributed by atoms with Crippen LogP contribution < -0.4 is 0 Å². The van der Waals surface area contributed by atoms with E-state index in [0.29, 0.717) is 16.5 Å². The summed E-state index contributed by atoms with van der Waals surface area (Å²) in [6.45, 7) is 5.83. The summed E-state index contributed by atoms with van der Waals surface area (Å²) in [5, 5.41) is 5.03. The summed E-state index contributed by atoms with van der Waals surface area (Å²) in [5.41, 5.74) is 2.40. The van der Waals surface area contributed by atoms with Crippen molar-refractivity contribution in [2.45, 2.75) is 26.7 Å². The first-order valence-electron chi connectivity index (χ1n) is 7.66. The molecule has 116 valence electrons. The molecule has 4 nitrogen and oxygen atoms in total. The highest BCUT2D eigenvalue weighted by Crippen LogP contribution is 2.22. The monoisotopic (exact) mass is 317 g/mol. The van der Waals surface area contributed by atoms with Gasteiger partial charge in [-0.25, -0.2) is 4.68 Å². The number of hydrogen-bond donors (Lipinski definition) is 0. The van der Waals surface area contributed by atoms with Gasteiger partial charge in [-0.05, 0) is 43.9 Å². The quantitative estimate of drug-likeness (QED) is 0.847. The lowest BCUT2D eigenvalue weighted by atomic mass is 9.99. The number of amides is 1. The van der Waals surface area contributed by atoms with E-state index in [1.165, 1.54) is 0 Å². The summed E-state index contributed by atoms with van der Waals surface area (Å²) in [6, 6.07) is 7.48. The highest BCUT2D eigenvalue weighted by molar-refractivity contribution is 6.30. The fraction of sp³-hybridized carbons (Fsp3) is 0.412. The highest BCUT2D eigenvalue weighted by Gasteiger charge is 2.24. The Hall–Kier alpha value is -1.81. The van der Waals surface area contributed by atoms with Crippen molar-refractivity contribution in [2.75, 3.05) is 13.1 Å². The minimum Gasteiger partial charge on any atom is -0.339 e. The third-order valence-electron chi connectivity index (χ3n) is 4.36. The minimum atomic E-state index is 0.0812. The lowest BCUT2D eigenvalue weighted by Gasteiger charge is -2.30. The molecule has 1 aliphatic heterocycles. The van der Waals surface area contributed by atoms with E-state index in [9.17, 15) is 4.79 Å². The van der Waals surface area contributed by atoms with E-state index in [-0.39, 0.29) is 5.91 Å². The molecule has 0 atom stereocenters. The van der Waals surface area contributed by atoms with Gasteiger partial charge in [0.05, 0.1) is 23.1 Å². The third kappa shape index (κ3) is 2.88. The summed E-state index contributed by atoms with van der Waals surface area (Å²) in [6.07, 6.45) is 3.82. The van der Waals surface area contributed by atoms with Crippen LogP contribution in [-0.2, 0) is 0 Å². The lowest BCUT2D eigenvalue weighted by molar-refractivity contribution is 0.0696. The van der Waals surface area contributed by atoms with Crippen LogP contribution in [0, 0.1) is 12.8 Å². The Labute approximate surface area is 135 Å². The Bertz CT molecular complexity index is 687. The zero-order chi connectivity index (χ0) is 15.7. The molecule has 1 aliphatic rings. The number of nitrogens with zero attached hydrogens (tertiary/aromatic N) is 3. The van der Waals surface area contributed by atoms with Gasteiger partial charge in [-0.3, -0.25) is 4.79 Å². The van der Waals surface area contributed by atoms with Gasteiger partial charge in [0.25, 0.3) is 5.91 Å². The molecule has 0 bridgehead atoms. The molecule has 0 spiro atoms. The normalized spacial score (nSPS) is 16.0. The topological polar surface area (TPSA) is 38.1 Å². The van der Waals surface area contributed by atoms with Crippen LogP contribution in [-0.4, -0.2) is 33.7 Å². The highest BCUT2D eigenvalue weighted by atomic mass is 35.5. The van der Waals surface area contributed by atoms with Gasteiger partial charge in [-0.2, -0.15) is 5.10 Å². The average Bonchev–Trinajstić information content (AvgIpc) is 2.89. The number of halogens is 1. The number of piperidine rings is 1. The SMILES string of the molecule is Cc1c(C(=O)N2CCC(C)CC2)cnn1-c1cccc(Cl)c1. The number of carbonyl (C=O) groups is 1. The molecule has 0 radical (unpaired) electrons. The number of likely N-dealkylation sites (tertiary alicyclic amines) is 1. The molecule has 2 aromatic rings. The van der Waals surface area contributed by atoms with Crippen molar-refractivity contribution in [1.82, 2.24) is 14.7 Å². The third-order valence-corrected chi connectivity index (χ3v) is 4.60. The maximum Gasteiger partial charge on any atom is 0.257 e. The fourth-order valence-corrected chi connectivity index (χ4v) is 3.05. The molecule has 22 heavy (non-hydrogen) atoms. The zero-order valence-corrected chi connectivity index (χ0v) is 13.7. The van der Waals surface area contributed by atoms with Crippen molar-refractivity contribution >= 4 is 17.5 Å². The van der Waals surface area contributed by atoms with Gasteiger partial charge in [-0.1, -0.05) is 24.6 Å². The van der Waals surface area contributed by atoms with Crippen LogP contribution in [0.3, 0.4) is 0 Å². The van der Waals surface area contributed by atoms with Gasteiger partial charge in [-0.15, -0.1) is 0 Å². The zero-order valence-electron chi connectivity index (χ0n) is 12.9. The van der Waals surface area contributed by atoms with E-state index in [2.05, 4.69) is 12.0 Å². The second kappa shape index (κ2) is 6.13. The Morgan fingerprint density at radius 2 is 2.05 bits per heavy atom. The van der Waals surface area contributed by atoms with Crippen LogP contribution in [0.2, 0.25) is 5.02 Å². The number of aromatic nitrogens is 2. The van der Waals surface area contributed by atoms with Gasteiger partial charge in [0.2, 0.25) is 0 Å². The Balaban J connectivity index is 1.85. The van der Waals surface area contributed by atoms with Crippen molar-refractivity contribution in [1.29, 1.82) is 0 Å². The van der Waals surface area contributed by atoms with Crippen LogP contribution in [0.15, 0.2) is 30.5 Å². The predicted molar refractivity (Wildman–Crippen MR) is 87.6 cm³/mol. The molecule has 1 saturated heterocycles. The predicted octanol–water partition coefficient (Wildman–Crippen LogP) is 3.71. The van der Waals surface area contributed by atoms with Crippen molar-refractivity contribution in [3.05, 3.63) is 46.7 Å². The summed E-state index contributed by atoms with van der Waals surface area (Å²) >= 11 is 6.04. The molecule has 0 unspecified atom stereocenters. The van der Waals surface area contributed by atoms with Crippen molar-refractivity contribution in [3.8, 4) is 5.69 Å². The summed E-state index contributed by atoms with van der Waals surface area (Å²) in [7, 11) is 0. The smallest absolute Gasteiger partial charge is 0.257 e. The molecule has 0 aliphatic carbocycles. The van der Waals surface area contributed by atoms with E-state index in [1.807, 2.05) is 36.1 Å². The number of carbonyl (C=O) groups excluding carboxylic acids is 1. The molecule has 1 fully saturated rings. The number of hydrogen-bond acceptors (Lipinski definition) is 2. The van der Waals surface area contributed by atoms with E-state index in [4.69, 9.17) is 11.6 Å². The van der Waals surface area contributed by atoms with Crippen LogP contribution in [0.5, 0.6) is 0 Å². The molecule has 1 amide bonds. The molecular weight excluding hydrogens is 298 g/mol. The maximum absolute atomic E-state index is 12.7. The van der Waals surface area contributed by atoms with Gasteiger partial charge in [0.1, 0.15) is 0 Å². The Kier molecular flexibility index (Phi) is 4.21. The van der Waals surface area contributed by atoms with E-state index >= 15 is 0 Å². The van der Waals surface area contributed by atoms with E-state index in [1.54, 1.807) is 10.9 Å². The van der Waals surface area contributed by atoms with Gasteiger partial charge < -0.3 is 4.90 Å². The molecule has 1 aromatic carbocycles. The summed E-state index contributed by atoms with van der Waals surface area (Å²) in [4.78, 5) is 14.6. The summed E-state index contributed by atoms with van der Waals surface area (Å²) in [5.74, 6) is 0.789. The second-order valence-corrected chi connectivity index (χ2v) is 6.45. The van der Waals surface area contributed by atoms with Gasteiger partial charge in [0, 0.05) is 18.1 Å². The molecule has 1 aromatic heterocycles. The standard InChI is InChI=1S/C17H20ClN3O/c1-12-6-8-20(9-7-12)17(22)16-11-19-21(13(16)2)15-5-3-4-14(18)10-15/h3-5,10-12H,6-9H2,1-2H3. The Morgan fingerprint density at radius 3 is 2.73 bits per heavy atom. The van der Waals surface area contributed by atoms with E-state index in [0.717, 1.165) is 37.3 Å². The van der Waals surface area contributed by atoms with Crippen molar-refractivity contribution in [3.63, 3.8) is 0 Å². The molecule has 0 N–H and O–H groups in total. The molecule has 0 saturated carbocycles. The first kappa shape index (κ1) is 15.1. The van der Waals surface area contributed by atoms with E-state index < -0.39 is 0 Å². The Morgan fingerprint density at radius 1 is 1.32 bits per heavy atom. The maximum atomic E-state index is 12.7. The summed E-state index contributed by atoms with van der Waals surface area (Å²) < 4.78 is 1.77. The molecule has 2 heterocycles. The first-order valence-corrected chi connectivity index (χ1v) is 8.04. The first-order chi connectivity index (χ1) is 10.6. The molecular formula is C17H20ClN3O. The molecule has 5 heteroatoms. The van der Waals surface area contributed by atoms with Gasteiger partial charge in [0.15, 0.2) is 0 Å². The van der Waals surface area contributed by atoms with Crippen LogP contribution >= 0.6 is 11.6 Å². The number of rotatable bonds is 2. The average molecular weight is 318 g/mol. The lowest BCUT2D eigenvalue weighted by Crippen LogP contribution is -2.38. The van der Waals surface area contributed by atoms with Crippen molar-refractivity contribution in [2.24, 2.45) is 5.92 Å². The minimum absolute atomic E-state index is 0.0812.